The Kier molecular flexibility index (Phi) is 7.79. The summed E-state index contributed by atoms with van der Waals surface area (Å²) in [5.74, 6) is -0.384. The van der Waals surface area contributed by atoms with E-state index in [1.165, 1.54) is 20.3 Å². The normalized spacial score (nSPS) is 28.9. The average Bonchev–Trinajstić information content (AvgIpc) is 3.41. The van der Waals surface area contributed by atoms with Gasteiger partial charge in [0.1, 0.15) is 35.9 Å². The molecule has 5 N–H and O–H groups in total. The van der Waals surface area contributed by atoms with E-state index in [-0.39, 0.29) is 11.5 Å². The molecule has 0 spiro atoms. The predicted octanol–water partition coefficient (Wildman–Crippen LogP) is 1.69. The molecule has 0 saturated carbocycles. The number of aryl methyl sites for hydroxylation is 2. The van der Waals surface area contributed by atoms with Crippen molar-refractivity contribution < 1.29 is 58.7 Å². The number of aliphatic carboxylic acids is 1. The standard InChI is InChI=1S/C31H32O12/c1-38-18-11-10-16-21-25(42-26(16)27(18)39-2)17-12-15(9-8-14-6-4-3-5-7-14)19(13-20(17)40-30(21)37)41-31-24(34)22(32)23(33)28(43-31)29(35)36/h3-7,10-13,21-25,28,30-34,37H,8-9H2,1-2H3,(H,35,36)/t21-,22-,23-,24+,25-,28-,30-,31+/m0/s1. The van der Waals surface area contributed by atoms with Gasteiger partial charge in [0.15, 0.2) is 17.6 Å². The van der Waals surface area contributed by atoms with E-state index in [1.54, 1.807) is 12.1 Å². The summed E-state index contributed by atoms with van der Waals surface area (Å²) in [5.41, 5.74) is 3.02. The lowest BCUT2D eigenvalue weighted by Crippen LogP contribution is -2.61. The number of carbonyl (C=O) groups is 1. The number of methoxy groups -OCH3 is 2. The Morgan fingerprint density at radius 2 is 1.60 bits per heavy atom. The van der Waals surface area contributed by atoms with Crippen molar-refractivity contribution in [3.8, 4) is 28.7 Å². The van der Waals surface area contributed by atoms with Crippen LogP contribution in [0.2, 0.25) is 0 Å². The highest BCUT2D eigenvalue weighted by molar-refractivity contribution is 5.73. The smallest absolute Gasteiger partial charge is 0.335 e. The van der Waals surface area contributed by atoms with Gasteiger partial charge in [-0.05, 0) is 36.1 Å². The number of carboxylic acid groups (broad SMARTS) is 1. The molecule has 0 amide bonds. The van der Waals surface area contributed by atoms with Gasteiger partial charge >= 0.3 is 5.97 Å². The molecule has 3 aromatic rings. The SMILES string of the molecule is COc1ccc2c(c1OC)O[C@H]1c3cc(CCc4ccccc4)c(O[C@@H]4O[C@H](C(=O)O)[C@@H](O)[C@H](O)[C@H]4O)cc3O[C@H](O)[C@@H]21. The number of fused-ring (bicyclic) bond motifs is 5. The van der Waals surface area contributed by atoms with Crippen LogP contribution in [-0.2, 0) is 22.4 Å². The van der Waals surface area contributed by atoms with E-state index in [4.69, 9.17) is 28.4 Å². The fourth-order valence-electron chi connectivity index (χ4n) is 5.88. The third-order valence-corrected chi connectivity index (χ3v) is 8.10. The number of benzene rings is 3. The monoisotopic (exact) mass is 596 g/mol. The number of carboxylic acids is 1. The Hall–Kier alpha value is -4.07. The number of aliphatic hydroxyl groups excluding tert-OH is 4. The van der Waals surface area contributed by atoms with Crippen molar-refractivity contribution in [3.05, 3.63) is 76.9 Å². The number of rotatable bonds is 8. The average molecular weight is 597 g/mol. The maximum absolute atomic E-state index is 11.6. The van der Waals surface area contributed by atoms with Gasteiger partial charge in [0.2, 0.25) is 18.3 Å². The maximum atomic E-state index is 11.6. The lowest BCUT2D eigenvalue weighted by atomic mass is 9.86. The first-order valence-electron chi connectivity index (χ1n) is 13.8. The molecule has 0 radical (unpaired) electrons. The van der Waals surface area contributed by atoms with Crippen LogP contribution in [0.5, 0.6) is 28.7 Å². The number of ether oxygens (including phenoxy) is 6. The Bertz CT molecular complexity index is 1490. The molecule has 43 heavy (non-hydrogen) atoms. The molecule has 0 aliphatic carbocycles. The molecule has 228 valence electrons. The second-order valence-corrected chi connectivity index (χ2v) is 10.6. The largest absolute Gasteiger partial charge is 0.493 e. The van der Waals surface area contributed by atoms with Crippen molar-refractivity contribution in [1.82, 2.24) is 0 Å². The summed E-state index contributed by atoms with van der Waals surface area (Å²) in [5, 5.41) is 51.6. The summed E-state index contributed by atoms with van der Waals surface area (Å²) in [6, 6.07) is 16.6. The molecule has 3 aliphatic heterocycles. The number of aliphatic hydroxyl groups is 4. The van der Waals surface area contributed by atoms with Crippen LogP contribution in [0.3, 0.4) is 0 Å². The fraction of sp³-hybridized carbons (Fsp3) is 0.387. The van der Waals surface area contributed by atoms with Gasteiger partial charge in [-0.1, -0.05) is 36.4 Å². The van der Waals surface area contributed by atoms with Gasteiger partial charge in [-0.2, -0.15) is 0 Å². The van der Waals surface area contributed by atoms with Gasteiger partial charge in [0.25, 0.3) is 0 Å². The molecule has 6 rings (SSSR count). The molecule has 8 atom stereocenters. The van der Waals surface area contributed by atoms with Crippen molar-refractivity contribution in [2.45, 2.75) is 61.9 Å². The molecule has 12 nitrogen and oxygen atoms in total. The number of hydrogen-bond acceptors (Lipinski definition) is 11. The molecule has 1 fully saturated rings. The first-order chi connectivity index (χ1) is 20.7. The Labute approximate surface area is 246 Å². The summed E-state index contributed by atoms with van der Waals surface area (Å²) in [7, 11) is 3.02. The van der Waals surface area contributed by atoms with E-state index in [9.17, 15) is 30.3 Å². The van der Waals surface area contributed by atoms with Gasteiger partial charge in [-0.25, -0.2) is 4.79 Å². The van der Waals surface area contributed by atoms with E-state index in [2.05, 4.69) is 0 Å². The fourth-order valence-corrected chi connectivity index (χ4v) is 5.88. The summed E-state index contributed by atoms with van der Waals surface area (Å²) in [4.78, 5) is 11.6. The summed E-state index contributed by atoms with van der Waals surface area (Å²) in [6.45, 7) is 0. The summed E-state index contributed by atoms with van der Waals surface area (Å²) >= 11 is 0. The van der Waals surface area contributed by atoms with Crippen LogP contribution in [0.25, 0.3) is 0 Å². The second kappa shape index (κ2) is 11.5. The van der Waals surface area contributed by atoms with Crippen molar-refractivity contribution in [3.63, 3.8) is 0 Å². The van der Waals surface area contributed by atoms with Gasteiger partial charge in [-0.3, -0.25) is 0 Å². The van der Waals surface area contributed by atoms with Crippen LogP contribution in [-0.4, -0.2) is 82.7 Å². The molecule has 3 heterocycles. The topological polar surface area (TPSA) is 174 Å². The highest BCUT2D eigenvalue weighted by Gasteiger charge is 2.50. The third kappa shape index (κ3) is 5.11. The number of hydrogen-bond donors (Lipinski definition) is 5. The Balaban J connectivity index is 1.38. The van der Waals surface area contributed by atoms with Gasteiger partial charge < -0.3 is 54.0 Å². The van der Waals surface area contributed by atoms with Gasteiger partial charge in [0, 0.05) is 17.2 Å². The second-order valence-electron chi connectivity index (χ2n) is 10.6. The van der Waals surface area contributed by atoms with Crippen molar-refractivity contribution in [2.24, 2.45) is 0 Å². The van der Waals surface area contributed by atoms with Crippen LogP contribution < -0.4 is 23.7 Å². The minimum atomic E-state index is -1.86. The lowest BCUT2D eigenvalue weighted by molar-refractivity contribution is -0.271. The van der Waals surface area contributed by atoms with Crippen molar-refractivity contribution in [1.29, 1.82) is 0 Å². The van der Waals surface area contributed by atoms with Crippen molar-refractivity contribution >= 4 is 5.97 Å². The van der Waals surface area contributed by atoms with Gasteiger partial charge in [0.05, 0.1) is 20.1 Å². The van der Waals surface area contributed by atoms with E-state index >= 15 is 0 Å². The molecular formula is C31H32O12. The Morgan fingerprint density at radius 3 is 2.30 bits per heavy atom. The van der Waals surface area contributed by atoms with E-state index < -0.39 is 55.0 Å². The highest BCUT2D eigenvalue weighted by Crippen LogP contribution is 2.58. The first kappa shape index (κ1) is 29.0. The zero-order valence-corrected chi connectivity index (χ0v) is 23.3. The maximum Gasteiger partial charge on any atom is 0.335 e. The molecule has 3 aliphatic rings. The minimum Gasteiger partial charge on any atom is -0.493 e. The van der Waals surface area contributed by atoms with Crippen LogP contribution in [0.1, 0.15) is 34.3 Å². The molecule has 0 bridgehead atoms. The van der Waals surface area contributed by atoms with Crippen LogP contribution in [0.4, 0.5) is 0 Å². The first-order valence-corrected chi connectivity index (χ1v) is 13.8. The van der Waals surface area contributed by atoms with Crippen LogP contribution >= 0.6 is 0 Å². The molecular weight excluding hydrogens is 564 g/mol. The summed E-state index contributed by atoms with van der Waals surface area (Å²) in [6.07, 6.45) is -9.80. The van der Waals surface area contributed by atoms with Crippen molar-refractivity contribution in [2.75, 3.05) is 14.2 Å². The quantitative estimate of drug-likeness (QED) is 0.255. The lowest BCUT2D eigenvalue weighted by Gasteiger charge is -2.39. The highest BCUT2D eigenvalue weighted by atomic mass is 16.7. The minimum absolute atomic E-state index is 0.173. The van der Waals surface area contributed by atoms with Crippen LogP contribution in [0, 0.1) is 0 Å². The Morgan fingerprint density at radius 1 is 0.837 bits per heavy atom. The molecule has 0 aromatic heterocycles. The molecule has 3 aromatic carbocycles. The zero-order chi connectivity index (χ0) is 30.4. The van der Waals surface area contributed by atoms with E-state index in [0.29, 0.717) is 46.8 Å². The van der Waals surface area contributed by atoms with Crippen LogP contribution in [0.15, 0.2) is 54.6 Å². The predicted molar refractivity (Wildman–Crippen MR) is 148 cm³/mol. The van der Waals surface area contributed by atoms with Gasteiger partial charge in [-0.15, -0.1) is 0 Å². The molecule has 12 heteroatoms. The third-order valence-electron chi connectivity index (χ3n) is 8.10. The summed E-state index contributed by atoms with van der Waals surface area (Å²) < 4.78 is 34.7. The van der Waals surface area contributed by atoms with E-state index in [0.717, 1.165) is 5.56 Å². The molecule has 1 saturated heterocycles. The molecule has 0 unspecified atom stereocenters. The van der Waals surface area contributed by atoms with E-state index in [1.807, 2.05) is 36.4 Å². The zero-order valence-electron chi connectivity index (χ0n) is 23.3.